The predicted octanol–water partition coefficient (Wildman–Crippen LogP) is 1.36. The van der Waals surface area contributed by atoms with Crippen molar-refractivity contribution in [1.29, 1.82) is 0 Å². The van der Waals surface area contributed by atoms with Crippen LogP contribution in [-0.4, -0.2) is 54.0 Å². The Kier molecular flexibility index (Phi) is 4.16. The molecule has 0 saturated carbocycles. The fraction of sp³-hybridized carbons (Fsp3) is 0.294. The molecule has 25 heavy (non-hydrogen) atoms. The van der Waals surface area contributed by atoms with Crippen molar-refractivity contribution < 1.29 is 4.79 Å². The fourth-order valence-electron chi connectivity index (χ4n) is 3.04. The summed E-state index contributed by atoms with van der Waals surface area (Å²) in [5.74, 6) is 1.77. The van der Waals surface area contributed by atoms with Gasteiger partial charge in [-0.15, -0.1) is 0 Å². The first-order valence-corrected chi connectivity index (χ1v) is 8.16. The SMILES string of the molecule is O=C(c1cnccn1)N1CCC(Cc2nc(-c3cccnc3)n[nH]2)C1. The van der Waals surface area contributed by atoms with E-state index in [1.807, 2.05) is 17.0 Å². The van der Waals surface area contributed by atoms with Crippen LogP contribution in [0.1, 0.15) is 22.7 Å². The Morgan fingerprint density at radius 2 is 2.16 bits per heavy atom. The summed E-state index contributed by atoms with van der Waals surface area (Å²) in [4.78, 5) is 30.9. The van der Waals surface area contributed by atoms with Gasteiger partial charge in [-0.05, 0) is 24.5 Å². The fourth-order valence-corrected chi connectivity index (χ4v) is 3.04. The van der Waals surface area contributed by atoms with E-state index in [4.69, 9.17) is 0 Å². The first-order valence-electron chi connectivity index (χ1n) is 8.16. The van der Waals surface area contributed by atoms with Crippen molar-refractivity contribution in [2.45, 2.75) is 12.8 Å². The van der Waals surface area contributed by atoms with Crippen molar-refractivity contribution in [3.63, 3.8) is 0 Å². The number of aromatic nitrogens is 6. The Labute approximate surface area is 144 Å². The Morgan fingerprint density at radius 3 is 2.96 bits per heavy atom. The molecule has 3 aromatic heterocycles. The highest BCUT2D eigenvalue weighted by molar-refractivity contribution is 5.92. The van der Waals surface area contributed by atoms with E-state index >= 15 is 0 Å². The molecule has 1 amide bonds. The van der Waals surface area contributed by atoms with Crippen molar-refractivity contribution >= 4 is 5.91 Å². The number of rotatable bonds is 4. The monoisotopic (exact) mass is 335 g/mol. The van der Waals surface area contributed by atoms with Gasteiger partial charge in [0.25, 0.3) is 5.91 Å². The molecule has 8 heteroatoms. The summed E-state index contributed by atoms with van der Waals surface area (Å²) in [6.45, 7) is 1.42. The third-order valence-corrected chi connectivity index (χ3v) is 4.29. The van der Waals surface area contributed by atoms with Crippen LogP contribution in [0.3, 0.4) is 0 Å². The summed E-state index contributed by atoms with van der Waals surface area (Å²) in [6, 6.07) is 3.79. The minimum atomic E-state index is -0.0655. The van der Waals surface area contributed by atoms with Crippen LogP contribution in [0.5, 0.6) is 0 Å². The lowest BCUT2D eigenvalue weighted by molar-refractivity contribution is 0.0780. The van der Waals surface area contributed by atoms with Crippen LogP contribution in [0.15, 0.2) is 43.1 Å². The van der Waals surface area contributed by atoms with Crippen LogP contribution in [0.25, 0.3) is 11.4 Å². The molecule has 0 radical (unpaired) electrons. The molecule has 1 N–H and O–H groups in total. The number of aromatic amines is 1. The summed E-state index contributed by atoms with van der Waals surface area (Å²) in [5.41, 5.74) is 1.28. The molecule has 1 unspecified atom stereocenters. The maximum Gasteiger partial charge on any atom is 0.274 e. The van der Waals surface area contributed by atoms with Crippen LogP contribution in [0.4, 0.5) is 0 Å². The molecule has 0 aliphatic carbocycles. The molecule has 1 aliphatic rings. The van der Waals surface area contributed by atoms with Gasteiger partial charge in [-0.25, -0.2) is 9.97 Å². The van der Waals surface area contributed by atoms with E-state index in [0.29, 0.717) is 24.0 Å². The van der Waals surface area contributed by atoms with Crippen molar-refractivity contribution in [2.24, 2.45) is 5.92 Å². The quantitative estimate of drug-likeness (QED) is 0.772. The number of hydrogen-bond donors (Lipinski definition) is 1. The van der Waals surface area contributed by atoms with Crippen molar-refractivity contribution in [2.75, 3.05) is 13.1 Å². The van der Waals surface area contributed by atoms with Crippen molar-refractivity contribution in [1.82, 2.24) is 35.0 Å². The molecule has 1 atom stereocenters. The molecule has 1 aliphatic heterocycles. The number of nitrogens with zero attached hydrogens (tertiary/aromatic N) is 6. The molecule has 4 rings (SSSR count). The molecule has 126 valence electrons. The normalized spacial score (nSPS) is 17.0. The Bertz CT molecular complexity index is 850. The van der Waals surface area contributed by atoms with Crippen molar-refractivity contribution in [3.8, 4) is 11.4 Å². The van der Waals surface area contributed by atoms with Crippen molar-refractivity contribution in [3.05, 3.63) is 54.6 Å². The summed E-state index contributed by atoms with van der Waals surface area (Å²) < 4.78 is 0. The first kappa shape index (κ1) is 15.4. The van der Waals surface area contributed by atoms with Gasteiger partial charge >= 0.3 is 0 Å². The van der Waals surface area contributed by atoms with E-state index < -0.39 is 0 Å². The van der Waals surface area contributed by atoms with E-state index in [-0.39, 0.29) is 5.91 Å². The summed E-state index contributed by atoms with van der Waals surface area (Å²) in [7, 11) is 0. The summed E-state index contributed by atoms with van der Waals surface area (Å²) >= 11 is 0. The number of amides is 1. The number of likely N-dealkylation sites (tertiary alicyclic amines) is 1. The molecular formula is C17H17N7O. The first-order chi connectivity index (χ1) is 12.3. The number of carbonyl (C=O) groups is 1. The highest BCUT2D eigenvalue weighted by Gasteiger charge is 2.28. The van der Waals surface area contributed by atoms with Gasteiger partial charge in [0.1, 0.15) is 11.5 Å². The molecule has 0 bridgehead atoms. The van der Waals surface area contributed by atoms with Gasteiger partial charge in [-0.2, -0.15) is 5.10 Å². The summed E-state index contributed by atoms with van der Waals surface area (Å²) in [5, 5.41) is 7.25. The van der Waals surface area contributed by atoms with Gasteiger partial charge in [-0.1, -0.05) is 0 Å². The Balaban J connectivity index is 1.39. The topological polar surface area (TPSA) is 101 Å². The highest BCUT2D eigenvalue weighted by Crippen LogP contribution is 2.22. The van der Waals surface area contributed by atoms with Crippen LogP contribution >= 0.6 is 0 Å². The van der Waals surface area contributed by atoms with Crippen LogP contribution in [0, 0.1) is 5.92 Å². The molecule has 0 spiro atoms. The van der Waals surface area contributed by atoms with E-state index in [2.05, 4.69) is 30.1 Å². The van der Waals surface area contributed by atoms with E-state index in [0.717, 1.165) is 30.8 Å². The Morgan fingerprint density at radius 1 is 1.24 bits per heavy atom. The lowest BCUT2D eigenvalue weighted by Gasteiger charge is -2.15. The molecule has 3 aromatic rings. The second-order valence-corrected chi connectivity index (χ2v) is 6.05. The Hall–Kier alpha value is -3.16. The maximum absolute atomic E-state index is 12.4. The zero-order valence-electron chi connectivity index (χ0n) is 13.5. The summed E-state index contributed by atoms with van der Waals surface area (Å²) in [6.07, 6.45) is 9.77. The number of carbonyl (C=O) groups excluding carboxylic acids is 1. The third-order valence-electron chi connectivity index (χ3n) is 4.29. The van der Waals surface area contributed by atoms with Gasteiger partial charge in [0, 0.05) is 49.9 Å². The van der Waals surface area contributed by atoms with Crippen LogP contribution in [-0.2, 0) is 6.42 Å². The number of pyridine rings is 1. The highest BCUT2D eigenvalue weighted by atomic mass is 16.2. The average molecular weight is 335 g/mol. The van der Waals surface area contributed by atoms with Crippen LogP contribution < -0.4 is 0 Å². The van der Waals surface area contributed by atoms with Gasteiger partial charge in [0.15, 0.2) is 5.82 Å². The molecular weight excluding hydrogens is 318 g/mol. The third kappa shape index (κ3) is 3.37. The van der Waals surface area contributed by atoms with E-state index in [1.54, 1.807) is 18.6 Å². The molecule has 8 nitrogen and oxygen atoms in total. The minimum Gasteiger partial charge on any atom is -0.337 e. The second-order valence-electron chi connectivity index (χ2n) is 6.05. The van der Waals surface area contributed by atoms with Crippen LogP contribution in [0.2, 0.25) is 0 Å². The second kappa shape index (κ2) is 6.76. The van der Waals surface area contributed by atoms with E-state index in [1.165, 1.54) is 12.4 Å². The molecule has 1 saturated heterocycles. The number of H-pyrrole nitrogens is 1. The van der Waals surface area contributed by atoms with Gasteiger partial charge < -0.3 is 4.90 Å². The molecule has 1 fully saturated rings. The van der Waals surface area contributed by atoms with Gasteiger partial charge in [0.05, 0.1) is 6.20 Å². The van der Waals surface area contributed by atoms with E-state index in [9.17, 15) is 4.79 Å². The zero-order valence-corrected chi connectivity index (χ0v) is 13.5. The smallest absolute Gasteiger partial charge is 0.274 e. The maximum atomic E-state index is 12.4. The number of nitrogens with one attached hydrogen (secondary N) is 1. The standard InChI is InChI=1S/C17H17N7O/c25-17(14-10-19-5-6-20-14)24-7-3-12(11-24)8-15-21-16(23-22-15)13-2-1-4-18-9-13/h1-2,4-6,9-10,12H,3,7-8,11H2,(H,21,22,23). The number of hydrogen-bond acceptors (Lipinski definition) is 6. The lowest BCUT2D eigenvalue weighted by atomic mass is 10.1. The average Bonchev–Trinajstić information content (AvgIpc) is 3.33. The van der Waals surface area contributed by atoms with Gasteiger partial charge in [0.2, 0.25) is 0 Å². The predicted molar refractivity (Wildman–Crippen MR) is 89.4 cm³/mol. The van der Waals surface area contributed by atoms with Gasteiger partial charge in [-0.3, -0.25) is 19.9 Å². The molecule has 4 heterocycles. The minimum absolute atomic E-state index is 0.0655. The lowest BCUT2D eigenvalue weighted by Crippen LogP contribution is -2.29. The molecule has 0 aromatic carbocycles. The largest absolute Gasteiger partial charge is 0.337 e. The zero-order chi connectivity index (χ0) is 17.1.